The number of rotatable bonds is 8. The fourth-order valence-electron chi connectivity index (χ4n) is 3.46. The summed E-state index contributed by atoms with van der Waals surface area (Å²) in [5.74, 6) is -0.769. The van der Waals surface area contributed by atoms with Crippen molar-refractivity contribution < 1.29 is 23.8 Å². The number of aryl methyl sites for hydroxylation is 1. The Morgan fingerprint density at radius 2 is 1.94 bits per heavy atom. The number of aromatic nitrogens is 2. The monoisotopic (exact) mass is 467 g/mol. The van der Waals surface area contributed by atoms with Gasteiger partial charge in [-0.1, -0.05) is 35.9 Å². The van der Waals surface area contributed by atoms with Gasteiger partial charge >= 0.3 is 5.97 Å². The van der Waals surface area contributed by atoms with Gasteiger partial charge in [-0.2, -0.15) is 0 Å². The molecular formula is C24H19ClFN3O4. The average Bonchev–Trinajstić information content (AvgIpc) is 3.15. The molecule has 4 rings (SSSR count). The molecule has 168 valence electrons. The Morgan fingerprint density at radius 1 is 1.12 bits per heavy atom. The third-order valence-corrected chi connectivity index (χ3v) is 5.21. The summed E-state index contributed by atoms with van der Waals surface area (Å²) in [5.41, 5.74) is 2.12. The number of pyridine rings is 1. The molecule has 2 aromatic carbocycles. The van der Waals surface area contributed by atoms with Gasteiger partial charge in [0.05, 0.1) is 29.9 Å². The van der Waals surface area contributed by atoms with Gasteiger partial charge in [0.15, 0.2) is 0 Å². The number of benzene rings is 2. The SMILES string of the molecule is O=C(O)Cc1ccc(Oc2ccc(NC(=O)c3cc4ccccc4n3CCF)cn2)c(Cl)c1. The van der Waals surface area contributed by atoms with Gasteiger partial charge in [0, 0.05) is 17.0 Å². The van der Waals surface area contributed by atoms with Gasteiger partial charge in [-0.15, -0.1) is 0 Å². The molecule has 7 nitrogen and oxygen atoms in total. The number of amides is 1. The Balaban J connectivity index is 1.47. The maximum atomic E-state index is 13.1. The minimum atomic E-state index is -0.955. The second-order valence-corrected chi connectivity index (χ2v) is 7.61. The molecule has 2 heterocycles. The summed E-state index contributed by atoms with van der Waals surface area (Å²) < 4.78 is 20.4. The van der Waals surface area contributed by atoms with E-state index in [9.17, 15) is 14.0 Å². The topological polar surface area (TPSA) is 93.5 Å². The molecule has 9 heteroatoms. The Hall–Kier alpha value is -3.91. The number of nitrogens with one attached hydrogen (secondary N) is 1. The highest BCUT2D eigenvalue weighted by atomic mass is 35.5. The number of hydrogen-bond donors (Lipinski definition) is 2. The van der Waals surface area contributed by atoms with E-state index in [1.165, 1.54) is 12.3 Å². The number of carboxylic acid groups (broad SMARTS) is 1. The summed E-state index contributed by atoms with van der Waals surface area (Å²) in [6.45, 7) is -0.514. The van der Waals surface area contributed by atoms with E-state index >= 15 is 0 Å². The van der Waals surface area contributed by atoms with E-state index in [-0.39, 0.29) is 29.8 Å². The number of alkyl halides is 1. The lowest BCUT2D eigenvalue weighted by Gasteiger charge is -2.11. The summed E-state index contributed by atoms with van der Waals surface area (Å²) in [7, 11) is 0. The fraction of sp³-hybridized carbons (Fsp3) is 0.125. The number of ether oxygens (including phenoxy) is 1. The van der Waals surface area contributed by atoms with Gasteiger partial charge < -0.3 is 19.7 Å². The number of carbonyl (C=O) groups is 2. The van der Waals surface area contributed by atoms with Crippen LogP contribution in [0.5, 0.6) is 11.6 Å². The molecule has 0 bridgehead atoms. The van der Waals surface area contributed by atoms with Crippen molar-refractivity contribution in [3.8, 4) is 11.6 Å². The van der Waals surface area contributed by atoms with E-state index in [4.69, 9.17) is 21.4 Å². The molecule has 0 fully saturated rings. The van der Waals surface area contributed by atoms with E-state index < -0.39 is 12.6 Å². The van der Waals surface area contributed by atoms with Crippen molar-refractivity contribution >= 4 is 40.1 Å². The minimum Gasteiger partial charge on any atom is -0.481 e. The van der Waals surface area contributed by atoms with Crippen LogP contribution >= 0.6 is 11.6 Å². The molecule has 0 saturated carbocycles. The number of para-hydroxylation sites is 1. The molecule has 4 aromatic rings. The van der Waals surface area contributed by atoms with Crippen LogP contribution in [0.2, 0.25) is 5.02 Å². The summed E-state index contributed by atoms with van der Waals surface area (Å²) in [6.07, 6.45) is 1.29. The van der Waals surface area contributed by atoms with Gasteiger partial charge in [-0.05, 0) is 35.9 Å². The highest BCUT2D eigenvalue weighted by Gasteiger charge is 2.16. The van der Waals surface area contributed by atoms with Crippen LogP contribution < -0.4 is 10.1 Å². The van der Waals surface area contributed by atoms with Gasteiger partial charge in [0.2, 0.25) is 5.88 Å². The molecule has 0 saturated heterocycles. The number of anilines is 1. The van der Waals surface area contributed by atoms with Crippen molar-refractivity contribution in [2.75, 3.05) is 12.0 Å². The van der Waals surface area contributed by atoms with Crippen LogP contribution in [-0.2, 0) is 17.8 Å². The third kappa shape index (κ3) is 5.12. The van der Waals surface area contributed by atoms with Crippen LogP contribution in [0.3, 0.4) is 0 Å². The predicted octanol–water partition coefficient (Wildman–Crippen LogP) is 5.33. The Morgan fingerprint density at radius 3 is 2.64 bits per heavy atom. The normalized spacial score (nSPS) is 10.8. The summed E-state index contributed by atoms with van der Waals surface area (Å²) in [6, 6.07) is 17.0. The van der Waals surface area contributed by atoms with Crippen molar-refractivity contribution in [3.63, 3.8) is 0 Å². The zero-order valence-corrected chi connectivity index (χ0v) is 18.1. The Kier molecular flexibility index (Phi) is 6.55. The zero-order chi connectivity index (χ0) is 23.4. The Bertz CT molecular complexity index is 1320. The van der Waals surface area contributed by atoms with Crippen LogP contribution in [0.4, 0.5) is 10.1 Å². The molecule has 0 aliphatic carbocycles. The smallest absolute Gasteiger partial charge is 0.307 e. The van der Waals surface area contributed by atoms with Crippen LogP contribution in [0.15, 0.2) is 66.9 Å². The first kappa shape index (κ1) is 22.3. The molecule has 0 aliphatic heterocycles. The molecule has 1 amide bonds. The van der Waals surface area contributed by atoms with Gasteiger partial charge in [0.1, 0.15) is 18.1 Å². The number of halogens is 2. The summed E-state index contributed by atoms with van der Waals surface area (Å²) in [5, 5.41) is 12.7. The van der Waals surface area contributed by atoms with E-state index in [1.54, 1.807) is 34.9 Å². The molecule has 0 radical (unpaired) electrons. The van der Waals surface area contributed by atoms with Crippen LogP contribution in [0.1, 0.15) is 16.1 Å². The van der Waals surface area contributed by atoms with Crippen molar-refractivity contribution in [2.45, 2.75) is 13.0 Å². The number of carboxylic acids is 1. The maximum absolute atomic E-state index is 13.1. The van der Waals surface area contributed by atoms with E-state index in [1.807, 2.05) is 24.3 Å². The molecule has 0 aliphatic rings. The first-order valence-electron chi connectivity index (χ1n) is 10.0. The zero-order valence-electron chi connectivity index (χ0n) is 17.3. The minimum absolute atomic E-state index is 0.0767. The van der Waals surface area contributed by atoms with E-state index in [0.717, 1.165) is 10.9 Å². The second-order valence-electron chi connectivity index (χ2n) is 7.21. The standard InChI is InChI=1S/C24H19ClFN3O4/c25-18-11-15(12-23(30)31)5-7-21(18)33-22-8-6-17(14-27-22)28-24(32)20-13-16-3-1-2-4-19(16)29(20)10-9-26/h1-8,11,13-14H,9-10,12H2,(H,28,32)(H,30,31). The van der Waals surface area contributed by atoms with Crippen molar-refractivity contribution in [2.24, 2.45) is 0 Å². The average molecular weight is 468 g/mol. The van der Waals surface area contributed by atoms with Crippen LogP contribution in [-0.4, -0.2) is 33.2 Å². The number of aliphatic carboxylic acids is 1. The summed E-state index contributed by atoms with van der Waals surface area (Å²) >= 11 is 6.17. The van der Waals surface area contributed by atoms with Gasteiger partial charge in [-0.25, -0.2) is 9.37 Å². The van der Waals surface area contributed by atoms with Crippen LogP contribution in [0, 0.1) is 0 Å². The quantitative estimate of drug-likeness (QED) is 0.365. The first-order chi connectivity index (χ1) is 15.9. The molecule has 33 heavy (non-hydrogen) atoms. The molecule has 2 N–H and O–H groups in total. The molecule has 0 unspecified atom stereocenters. The largest absolute Gasteiger partial charge is 0.481 e. The molecular weight excluding hydrogens is 449 g/mol. The number of nitrogens with zero attached hydrogens (tertiary/aromatic N) is 2. The fourth-order valence-corrected chi connectivity index (χ4v) is 3.70. The maximum Gasteiger partial charge on any atom is 0.307 e. The molecule has 0 spiro atoms. The lowest BCUT2D eigenvalue weighted by atomic mass is 10.1. The van der Waals surface area contributed by atoms with E-state index in [0.29, 0.717) is 22.7 Å². The molecule has 2 aromatic heterocycles. The van der Waals surface area contributed by atoms with Crippen molar-refractivity contribution in [3.05, 3.63) is 83.1 Å². The second kappa shape index (κ2) is 9.70. The highest BCUT2D eigenvalue weighted by Crippen LogP contribution is 2.30. The number of fused-ring (bicyclic) bond motifs is 1. The van der Waals surface area contributed by atoms with Crippen LogP contribution in [0.25, 0.3) is 10.9 Å². The summed E-state index contributed by atoms with van der Waals surface area (Å²) in [4.78, 5) is 27.8. The number of hydrogen-bond acceptors (Lipinski definition) is 4. The Labute approximate surface area is 193 Å². The van der Waals surface area contributed by atoms with E-state index in [2.05, 4.69) is 10.3 Å². The lowest BCUT2D eigenvalue weighted by Crippen LogP contribution is -2.17. The first-order valence-corrected chi connectivity index (χ1v) is 10.4. The van der Waals surface area contributed by atoms with Crippen molar-refractivity contribution in [1.82, 2.24) is 9.55 Å². The number of carbonyl (C=O) groups excluding carboxylic acids is 1. The van der Waals surface area contributed by atoms with Crippen molar-refractivity contribution in [1.29, 1.82) is 0 Å². The van der Waals surface area contributed by atoms with Gasteiger partial charge in [-0.3, -0.25) is 9.59 Å². The highest BCUT2D eigenvalue weighted by molar-refractivity contribution is 6.32. The molecule has 0 atom stereocenters. The predicted molar refractivity (Wildman–Crippen MR) is 123 cm³/mol. The van der Waals surface area contributed by atoms with Gasteiger partial charge in [0.25, 0.3) is 5.91 Å². The third-order valence-electron chi connectivity index (χ3n) is 4.91. The lowest BCUT2D eigenvalue weighted by molar-refractivity contribution is -0.136.